The van der Waals surface area contributed by atoms with E-state index in [0.717, 1.165) is 51.4 Å². The van der Waals surface area contributed by atoms with Crippen molar-refractivity contribution in [3.8, 4) is 0 Å². The monoisotopic (exact) mass is 862 g/mol. The number of allylic oxidation sites excluding steroid dienone is 4. The van der Waals surface area contributed by atoms with Gasteiger partial charge in [-0.1, -0.05) is 205 Å². The van der Waals surface area contributed by atoms with Crippen LogP contribution in [0.5, 0.6) is 0 Å². The molecule has 2 atom stereocenters. The molecule has 61 heavy (non-hydrogen) atoms. The van der Waals surface area contributed by atoms with Gasteiger partial charge < -0.3 is 28.6 Å². The van der Waals surface area contributed by atoms with Crippen LogP contribution in [-0.4, -0.2) is 75.5 Å². The molecule has 0 amide bonds. The Kier molecular flexibility index (Phi) is 42.8. The van der Waals surface area contributed by atoms with Crippen LogP contribution in [0.1, 0.15) is 245 Å². The van der Waals surface area contributed by atoms with E-state index >= 15 is 0 Å². The molecule has 2 unspecified atom stereocenters. The van der Waals surface area contributed by atoms with Crippen molar-refractivity contribution in [1.29, 1.82) is 0 Å². The predicted octanol–water partition coefficient (Wildman–Crippen LogP) is 13.5. The first-order valence-electron chi connectivity index (χ1n) is 25.9. The van der Waals surface area contributed by atoms with Gasteiger partial charge in [-0.05, 0) is 44.9 Å². The number of unbranched alkanes of at least 4 members (excludes halogenated alkanes) is 29. The van der Waals surface area contributed by atoms with E-state index in [2.05, 4.69) is 38.2 Å². The molecule has 0 fully saturated rings. The normalized spacial score (nSPS) is 13.0. The highest BCUT2D eigenvalue weighted by Crippen LogP contribution is 2.16. The van der Waals surface area contributed by atoms with Gasteiger partial charge >= 0.3 is 11.9 Å². The van der Waals surface area contributed by atoms with Crippen LogP contribution in [0.4, 0.5) is 0 Å². The van der Waals surface area contributed by atoms with Crippen molar-refractivity contribution in [3.63, 3.8) is 0 Å². The molecule has 0 spiro atoms. The van der Waals surface area contributed by atoms with Crippen LogP contribution in [0.25, 0.3) is 0 Å². The van der Waals surface area contributed by atoms with Crippen molar-refractivity contribution in [2.45, 2.75) is 257 Å². The van der Waals surface area contributed by atoms with Crippen molar-refractivity contribution in [1.82, 2.24) is 0 Å². The zero-order chi connectivity index (χ0) is 44.9. The maximum Gasteiger partial charge on any atom is 0.306 e. The van der Waals surface area contributed by atoms with Crippen molar-refractivity contribution in [3.05, 3.63) is 24.3 Å². The number of rotatable bonds is 47. The van der Waals surface area contributed by atoms with Crippen LogP contribution in [0.3, 0.4) is 0 Å². The third-order valence-electron chi connectivity index (χ3n) is 11.8. The summed E-state index contributed by atoms with van der Waals surface area (Å²) >= 11 is 0. The highest BCUT2D eigenvalue weighted by atomic mass is 16.6. The highest BCUT2D eigenvalue weighted by molar-refractivity contribution is 5.70. The molecule has 0 aliphatic heterocycles. The van der Waals surface area contributed by atoms with E-state index in [4.69, 9.17) is 14.2 Å². The SMILES string of the molecule is CCCCCCCCCC/C=C/C/C=C/CCCCCCCCCC(=O)OC(COCCC(C(=O)[O-])[N+](C)(C)C)COC(=O)CCCCCCCCCCCCCCCCC. The third-order valence-corrected chi connectivity index (χ3v) is 11.8. The van der Waals surface area contributed by atoms with Gasteiger partial charge in [0.1, 0.15) is 12.6 Å². The van der Waals surface area contributed by atoms with Gasteiger partial charge in [0.05, 0.1) is 40.3 Å². The number of aliphatic carboxylic acids is 1. The third kappa shape index (κ3) is 42.9. The first-order chi connectivity index (χ1) is 29.6. The summed E-state index contributed by atoms with van der Waals surface area (Å²) in [4.78, 5) is 37.0. The molecule has 0 heterocycles. The van der Waals surface area contributed by atoms with Crippen molar-refractivity contribution in [2.24, 2.45) is 0 Å². The Labute approximate surface area is 377 Å². The van der Waals surface area contributed by atoms with E-state index in [1.54, 1.807) is 21.1 Å². The summed E-state index contributed by atoms with van der Waals surface area (Å²) in [6.45, 7) is 4.69. The number of carbonyl (C=O) groups excluding carboxylic acids is 3. The second-order valence-electron chi connectivity index (χ2n) is 18.8. The maximum absolute atomic E-state index is 12.8. The zero-order valence-electron chi connectivity index (χ0n) is 40.8. The summed E-state index contributed by atoms with van der Waals surface area (Å²) in [6, 6.07) is -0.725. The molecule has 0 aromatic rings. The molecule has 8 heteroatoms. The summed E-state index contributed by atoms with van der Waals surface area (Å²) in [6.07, 6.45) is 50.6. The number of carboxylic acid groups (broad SMARTS) is 1. The van der Waals surface area contributed by atoms with Gasteiger partial charge in [-0.3, -0.25) is 9.59 Å². The van der Waals surface area contributed by atoms with Crippen molar-refractivity contribution in [2.75, 3.05) is 41.0 Å². The fraction of sp³-hybridized carbons (Fsp3) is 0.868. The number of carbonyl (C=O) groups is 3. The molecule has 0 saturated heterocycles. The van der Waals surface area contributed by atoms with Gasteiger partial charge in [0.2, 0.25) is 0 Å². The van der Waals surface area contributed by atoms with Gasteiger partial charge in [0.15, 0.2) is 6.10 Å². The molecule has 0 aliphatic rings. The van der Waals surface area contributed by atoms with Crippen LogP contribution in [0.15, 0.2) is 24.3 Å². The fourth-order valence-electron chi connectivity index (χ4n) is 7.81. The zero-order valence-corrected chi connectivity index (χ0v) is 40.8. The van der Waals surface area contributed by atoms with Gasteiger partial charge in [-0.15, -0.1) is 0 Å². The maximum atomic E-state index is 12.8. The van der Waals surface area contributed by atoms with E-state index in [-0.39, 0.29) is 42.7 Å². The van der Waals surface area contributed by atoms with Gasteiger partial charge in [-0.2, -0.15) is 0 Å². The second-order valence-corrected chi connectivity index (χ2v) is 18.8. The minimum atomic E-state index is -1.12. The molecule has 0 aromatic carbocycles. The average Bonchev–Trinajstić information content (AvgIpc) is 3.22. The molecule has 0 radical (unpaired) electrons. The Morgan fingerprint density at radius 1 is 0.492 bits per heavy atom. The molecule has 0 aliphatic carbocycles. The predicted molar refractivity (Wildman–Crippen MR) is 254 cm³/mol. The number of hydrogen-bond acceptors (Lipinski definition) is 7. The van der Waals surface area contributed by atoms with Crippen LogP contribution in [0, 0.1) is 0 Å². The van der Waals surface area contributed by atoms with Gasteiger partial charge in [0, 0.05) is 19.3 Å². The van der Waals surface area contributed by atoms with Crippen LogP contribution < -0.4 is 5.11 Å². The molecular formula is C53H99NO7. The van der Waals surface area contributed by atoms with Crippen LogP contribution in [0.2, 0.25) is 0 Å². The van der Waals surface area contributed by atoms with E-state index in [1.807, 2.05) is 0 Å². The largest absolute Gasteiger partial charge is 0.544 e. The lowest BCUT2D eigenvalue weighted by atomic mass is 10.0. The molecule has 8 nitrogen and oxygen atoms in total. The van der Waals surface area contributed by atoms with E-state index in [1.165, 1.54) is 161 Å². The van der Waals surface area contributed by atoms with Crippen molar-refractivity contribution < 1.29 is 38.2 Å². The van der Waals surface area contributed by atoms with E-state index in [0.29, 0.717) is 12.8 Å². The van der Waals surface area contributed by atoms with Gasteiger partial charge in [-0.25, -0.2) is 0 Å². The standard InChI is InChI=1S/C53H99NO7/c1-6-8-10-12-14-16-18-20-22-23-24-25-26-27-28-30-32-34-36-38-40-42-44-52(56)61-49(47-59-46-45-50(53(57)58)54(3,4)5)48-60-51(55)43-41-39-37-35-33-31-29-21-19-17-15-13-11-9-7-2/h23-24,26-27,49-50H,6-22,25,28-48H2,1-5H3/b24-23+,27-26+. The number of carboxylic acids is 1. The fourth-order valence-corrected chi connectivity index (χ4v) is 7.81. The summed E-state index contributed by atoms with van der Waals surface area (Å²) in [7, 11) is 5.42. The molecule has 0 saturated carbocycles. The molecule has 0 bridgehead atoms. The quantitative estimate of drug-likeness (QED) is 0.0260. The Morgan fingerprint density at radius 2 is 0.869 bits per heavy atom. The molecule has 358 valence electrons. The number of esters is 2. The Bertz CT molecular complexity index is 1050. The summed E-state index contributed by atoms with van der Waals surface area (Å²) in [5.41, 5.74) is 0. The van der Waals surface area contributed by atoms with Gasteiger partial charge in [0.25, 0.3) is 0 Å². The Balaban J connectivity index is 4.23. The van der Waals surface area contributed by atoms with E-state index < -0.39 is 18.1 Å². The average molecular weight is 862 g/mol. The number of nitrogens with zero attached hydrogens (tertiary/aromatic N) is 1. The smallest absolute Gasteiger partial charge is 0.306 e. The summed E-state index contributed by atoms with van der Waals surface area (Å²) in [5, 5.41) is 11.7. The lowest BCUT2D eigenvalue weighted by Crippen LogP contribution is -2.55. The van der Waals surface area contributed by atoms with E-state index in [9.17, 15) is 19.5 Å². The van der Waals surface area contributed by atoms with Crippen LogP contribution >= 0.6 is 0 Å². The highest BCUT2D eigenvalue weighted by Gasteiger charge is 2.25. The molecular weight excluding hydrogens is 763 g/mol. The number of quaternary nitrogens is 1. The Hall–Kier alpha value is -2.19. The molecule has 0 aromatic heterocycles. The van der Waals surface area contributed by atoms with Crippen LogP contribution in [-0.2, 0) is 28.6 Å². The first-order valence-corrected chi connectivity index (χ1v) is 25.9. The summed E-state index contributed by atoms with van der Waals surface area (Å²) < 4.78 is 17.2. The first kappa shape index (κ1) is 58.8. The lowest BCUT2D eigenvalue weighted by Gasteiger charge is -2.34. The van der Waals surface area contributed by atoms with Crippen molar-refractivity contribution >= 4 is 17.9 Å². The minimum absolute atomic E-state index is 0.0418. The number of ether oxygens (including phenoxy) is 3. The summed E-state index contributed by atoms with van der Waals surface area (Å²) in [5.74, 6) is -1.73. The molecule has 0 N–H and O–H groups in total. The number of likely N-dealkylation sites (N-methyl/N-ethyl adjacent to an activating group) is 1. The minimum Gasteiger partial charge on any atom is -0.544 e. The Morgan fingerprint density at radius 3 is 1.26 bits per heavy atom. The molecule has 0 rings (SSSR count). The second kappa shape index (κ2) is 44.4. The lowest BCUT2D eigenvalue weighted by molar-refractivity contribution is -0.889. The number of hydrogen-bond donors (Lipinski definition) is 0. The topological polar surface area (TPSA) is 102 Å².